The number of halogens is 3. The lowest BCUT2D eigenvalue weighted by Gasteiger charge is -2.14. The van der Waals surface area contributed by atoms with Crippen LogP contribution in [0.4, 0.5) is 18.9 Å². The summed E-state index contributed by atoms with van der Waals surface area (Å²) in [6.45, 7) is 2.37. The van der Waals surface area contributed by atoms with Crippen molar-refractivity contribution in [3.05, 3.63) is 53.6 Å². The van der Waals surface area contributed by atoms with Crippen LogP contribution in [-0.2, 0) is 6.18 Å². The van der Waals surface area contributed by atoms with Gasteiger partial charge >= 0.3 is 6.18 Å². The van der Waals surface area contributed by atoms with Crippen molar-refractivity contribution in [2.75, 3.05) is 19.0 Å². The highest BCUT2D eigenvalue weighted by molar-refractivity contribution is 7.80. The normalized spacial score (nSPS) is 11.3. The molecule has 0 radical (unpaired) electrons. The first-order valence-corrected chi connectivity index (χ1v) is 8.33. The van der Waals surface area contributed by atoms with Crippen LogP contribution in [0, 0.1) is 0 Å². The van der Waals surface area contributed by atoms with Crippen LogP contribution in [0.2, 0.25) is 0 Å². The average molecular weight is 397 g/mol. The van der Waals surface area contributed by atoms with Crippen molar-refractivity contribution in [3.8, 4) is 11.5 Å². The Labute approximate surface area is 160 Å². The average Bonchev–Trinajstić information content (AvgIpc) is 2.62. The van der Waals surface area contributed by atoms with E-state index in [2.05, 4.69) is 15.8 Å². The minimum absolute atomic E-state index is 0.0687. The second kappa shape index (κ2) is 9.22. The Morgan fingerprint density at radius 2 is 1.93 bits per heavy atom. The summed E-state index contributed by atoms with van der Waals surface area (Å²) in [4.78, 5) is 0. The van der Waals surface area contributed by atoms with E-state index < -0.39 is 11.7 Å². The number of hydrogen-bond donors (Lipinski definition) is 2. The maximum absolute atomic E-state index is 13.0. The molecule has 0 unspecified atom stereocenters. The smallest absolute Gasteiger partial charge is 0.418 e. The molecule has 27 heavy (non-hydrogen) atoms. The molecule has 0 atom stereocenters. The Hall–Kier alpha value is -2.81. The van der Waals surface area contributed by atoms with Crippen molar-refractivity contribution in [3.63, 3.8) is 0 Å². The quantitative estimate of drug-likeness (QED) is 0.429. The van der Waals surface area contributed by atoms with Crippen molar-refractivity contribution in [2.24, 2.45) is 5.10 Å². The summed E-state index contributed by atoms with van der Waals surface area (Å²) in [5.41, 5.74) is 2.22. The van der Waals surface area contributed by atoms with Crippen LogP contribution in [0.25, 0.3) is 0 Å². The lowest BCUT2D eigenvalue weighted by Crippen LogP contribution is -2.25. The fourth-order valence-electron chi connectivity index (χ4n) is 2.19. The molecule has 0 fully saturated rings. The van der Waals surface area contributed by atoms with E-state index >= 15 is 0 Å². The first-order valence-electron chi connectivity index (χ1n) is 7.92. The van der Waals surface area contributed by atoms with Crippen molar-refractivity contribution >= 4 is 29.2 Å². The minimum atomic E-state index is -4.48. The molecule has 0 saturated carbocycles. The summed E-state index contributed by atoms with van der Waals surface area (Å²) in [5, 5.41) is 6.35. The fraction of sp³-hybridized carbons (Fsp3) is 0.222. The summed E-state index contributed by atoms with van der Waals surface area (Å²) in [6.07, 6.45) is -3.02. The molecule has 0 bridgehead atoms. The number of thiocarbonyl (C=S) groups is 1. The number of nitrogens with one attached hydrogen (secondary N) is 2. The van der Waals surface area contributed by atoms with Crippen LogP contribution in [0.1, 0.15) is 18.1 Å². The molecular weight excluding hydrogens is 379 g/mol. The number of hydrogen-bond acceptors (Lipinski definition) is 4. The van der Waals surface area contributed by atoms with Gasteiger partial charge in [-0.25, -0.2) is 0 Å². The van der Waals surface area contributed by atoms with Crippen LogP contribution in [0.15, 0.2) is 47.6 Å². The third-order valence-corrected chi connectivity index (χ3v) is 3.54. The highest BCUT2D eigenvalue weighted by Gasteiger charge is 2.33. The van der Waals surface area contributed by atoms with Gasteiger partial charge in [-0.1, -0.05) is 12.1 Å². The van der Waals surface area contributed by atoms with E-state index in [1.165, 1.54) is 31.5 Å². The molecule has 2 rings (SSSR count). The van der Waals surface area contributed by atoms with Crippen molar-refractivity contribution in [2.45, 2.75) is 13.1 Å². The Balaban J connectivity index is 2.02. The monoisotopic (exact) mass is 397 g/mol. The van der Waals surface area contributed by atoms with Gasteiger partial charge in [0.15, 0.2) is 16.6 Å². The summed E-state index contributed by atoms with van der Waals surface area (Å²) in [7, 11) is 1.52. The number of para-hydroxylation sites is 1. The van der Waals surface area contributed by atoms with E-state index in [1.54, 1.807) is 18.2 Å². The molecule has 2 aromatic rings. The first-order chi connectivity index (χ1) is 12.8. The summed E-state index contributed by atoms with van der Waals surface area (Å²) in [6, 6.07) is 10.3. The molecule has 5 nitrogen and oxygen atoms in total. The van der Waals surface area contributed by atoms with Gasteiger partial charge in [-0.2, -0.15) is 18.3 Å². The van der Waals surface area contributed by atoms with Crippen LogP contribution in [0.5, 0.6) is 11.5 Å². The maximum atomic E-state index is 13.0. The Morgan fingerprint density at radius 1 is 1.19 bits per heavy atom. The molecule has 0 saturated heterocycles. The number of nitrogens with zero attached hydrogens (tertiary/aromatic N) is 1. The SMILES string of the molecule is CCOc1ccc(/C=N\NC(=S)Nc2ccccc2C(F)(F)F)cc1OC. The maximum Gasteiger partial charge on any atom is 0.418 e. The molecule has 0 aliphatic carbocycles. The zero-order valence-electron chi connectivity index (χ0n) is 14.6. The lowest BCUT2D eigenvalue weighted by atomic mass is 10.2. The van der Waals surface area contributed by atoms with Gasteiger partial charge in [0.05, 0.1) is 31.2 Å². The van der Waals surface area contributed by atoms with Crippen LogP contribution in [0.3, 0.4) is 0 Å². The summed E-state index contributed by atoms with van der Waals surface area (Å²) in [5.74, 6) is 1.15. The number of benzene rings is 2. The number of rotatable bonds is 6. The number of ether oxygens (including phenoxy) is 2. The number of anilines is 1. The largest absolute Gasteiger partial charge is 0.493 e. The molecule has 144 valence electrons. The van der Waals surface area contributed by atoms with Crippen LogP contribution < -0.4 is 20.2 Å². The van der Waals surface area contributed by atoms with Crippen molar-refractivity contribution in [1.82, 2.24) is 5.43 Å². The summed E-state index contributed by atoms with van der Waals surface area (Å²) >= 11 is 4.99. The van der Waals surface area contributed by atoms with Gasteiger partial charge in [0.25, 0.3) is 0 Å². The second-order valence-corrected chi connectivity index (χ2v) is 5.62. The van der Waals surface area contributed by atoms with E-state index in [0.717, 1.165) is 6.07 Å². The van der Waals surface area contributed by atoms with E-state index in [0.29, 0.717) is 23.7 Å². The van der Waals surface area contributed by atoms with Gasteiger partial charge in [0.2, 0.25) is 0 Å². The molecule has 0 aliphatic heterocycles. The highest BCUT2D eigenvalue weighted by Crippen LogP contribution is 2.34. The second-order valence-electron chi connectivity index (χ2n) is 5.21. The van der Waals surface area contributed by atoms with E-state index in [-0.39, 0.29) is 10.8 Å². The first kappa shape index (κ1) is 20.5. The standard InChI is InChI=1S/C18H18F3N3O2S/c1-3-26-15-9-8-12(10-16(15)25-2)11-22-24-17(27)23-14-7-5-4-6-13(14)18(19,20)21/h4-11H,3H2,1-2H3,(H2,23,24,27)/b22-11-. The van der Waals surface area contributed by atoms with Crippen molar-refractivity contribution < 1.29 is 22.6 Å². The highest BCUT2D eigenvalue weighted by atomic mass is 32.1. The topological polar surface area (TPSA) is 54.9 Å². The molecule has 0 aromatic heterocycles. The van der Waals surface area contributed by atoms with Gasteiger partial charge < -0.3 is 14.8 Å². The fourth-order valence-corrected chi connectivity index (χ4v) is 2.36. The Bertz CT molecular complexity index is 826. The predicted octanol–water partition coefficient (Wildman–Crippen LogP) is 4.43. The van der Waals surface area contributed by atoms with Gasteiger partial charge in [0, 0.05) is 0 Å². The number of hydrazone groups is 1. The third kappa shape index (κ3) is 5.85. The zero-order valence-corrected chi connectivity index (χ0v) is 15.4. The van der Waals surface area contributed by atoms with Crippen LogP contribution >= 0.6 is 12.2 Å². The molecule has 0 aliphatic rings. The Morgan fingerprint density at radius 3 is 2.59 bits per heavy atom. The summed E-state index contributed by atoms with van der Waals surface area (Å²) < 4.78 is 49.6. The number of methoxy groups -OCH3 is 1. The van der Waals surface area contributed by atoms with Crippen LogP contribution in [-0.4, -0.2) is 25.0 Å². The van der Waals surface area contributed by atoms with E-state index in [4.69, 9.17) is 21.7 Å². The molecule has 2 aromatic carbocycles. The van der Waals surface area contributed by atoms with Crippen molar-refractivity contribution in [1.29, 1.82) is 0 Å². The lowest BCUT2D eigenvalue weighted by molar-refractivity contribution is -0.136. The number of alkyl halides is 3. The molecular formula is C18H18F3N3O2S. The van der Waals surface area contributed by atoms with Gasteiger partial charge in [-0.05, 0) is 55.0 Å². The predicted molar refractivity (Wildman–Crippen MR) is 103 cm³/mol. The zero-order chi connectivity index (χ0) is 19.9. The van der Waals surface area contributed by atoms with E-state index in [9.17, 15) is 13.2 Å². The minimum Gasteiger partial charge on any atom is -0.493 e. The Kier molecular flexibility index (Phi) is 7.00. The molecule has 2 N–H and O–H groups in total. The molecule has 0 heterocycles. The molecule has 0 spiro atoms. The third-order valence-electron chi connectivity index (χ3n) is 3.35. The van der Waals surface area contributed by atoms with E-state index in [1.807, 2.05) is 6.92 Å². The van der Waals surface area contributed by atoms with Gasteiger partial charge in [0.1, 0.15) is 0 Å². The molecule has 9 heteroatoms. The molecule has 0 amide bonds. The van der Waals surface area contributed by atoms with Gasteiger partial charge in [-0.3, -0.25) is 5.43 Å². The van der Waals surface area contributed by atoms with Gasteiger partial charge in [-0.15, -0.1) is 0 Å².